The number of nitro benzene ring substituents is 1. The Morgan fingerprint density at radius 3 is 2.65 bits per heavy atom. The Morgan fingerprint density at radius 2 is 2.04 bits per heavy atom. The smallest absolute Gasteiger partial charge is 0.271 e. The maximum absolute atomic E-state index is 12.3. The van der Waals surface area contributed by atoms with Gasteiger partial charge in [-0.25, -0.2) is 0 Å². The molecule has 0 spiro atoms. The Labute approximate surface area is 162 Å². The zero-order valence-corrected chi connectivity index (χ0v) is 15.8. The summed E-state index contributed by atoms with van der Waals surface area (Å²) in [5.74, 6) is -0.745. The molecule has 26 heavy (non-hydrogen) atoms. The molecule has 9 heteroatoms. The highest BCUT2D eigenvalue weighted by Crippen LogP contribution is 2.27. The molecule has 0 aromatic heterocycles. The van der Waals surface area contributed by atoms with E-state index in [1.165, 1.54) is 18.3 Å². The summed E-state index contributed by atoms with van der Waals surface area (Å²) in [7, 11) is 0. The second-order valence-corrected chi connectivity index (χ2v) is 6.43. The number of rotatable bonds is 5. The molecular formula is C17H12BrClN4O3. The molecule has 0 heterocycles. The number of anilines is 2. The summed E-state index contributed by atoms with van der Waals surface area (Å²) < 4.78 is 0.771. The van der Waals surface area contributed by atoms with Crippen molar-refractivity contribution in [3.63, 3.8) is 0 Å². The third-order valence-electron chi connectivity index (χ3n) is 3.27. The van der Waals surface area contributed by atoms with Gasteiger partial charge in [0.15, 0.2) is 0 Å². The molecule has 0 aliphatic rings. The average Bonchev–Trinajstić information content (AvgIpc) is 2.58. The Kier molecular flexibility index (Phi) is 6.33. The highest BCUT2D eigenvalue weighted by Gasteiger charge is 2.15. The Morgan fingerprint density at radius 1 is 1.31 bits per heavy atom. The van der Waals surface area contributed by atoms with E-state index in [0.717, 1.165) is 16.1 Å². The first-order valence-corrected chi connectivity index (χ1v) is 8.37. The zero-order chi connectivity index (χ0) is 19.3. The lowest BCUT2D eigenvalue weighted by Crippen LogP contribution is -2.15. The molecule has 1 amide bonds. The molecule has 2 N–H and O–H groups in total. The van der Waals surface area contributed by atoms with Crippen LogP contribution in [0.3, 0.4) is 0 Å². The van der Waals surface area contributed by atoms with Crippen LogP contribution in [0, 0.1) is 28.4 Å². The lowest BCUT2D eigenvalue weighted by atomic mass is 10.2. The van der Waals surface area contributed by atoms with Crippen molar-refractivity contribution in [2.45, 2.75) is 6.92 Å². The van der Waals surface area contributed by atoms with Crippen LogP contribution in [0.25, 0.3) is 0 Å². The largest absolute Gasteiger partial charge is 0.359 e. The molecule has 2 aromatic rings. The molecule has 0 fully saturated rings. The summed E-state index contributed by atoms with van der Waals surface area (Å²) in [6.45, 7) is 1.93. The number of nitriles is 1. The van der Waals surface area contributed by atoms with Gasteiger partial charge in [0, 0.05) is 22.8 Å². The summed E-state index contributed by atoms with van der Waals surface area (Å²) in [6.07, 6.45) is 1.25. The monoisotopic (exact) mass is 434 g/mol. The summed E-state index contributed by atoms with van der Waals surface area (Å²) in [4.78, 5) is 22.5. The van der Waals surface area contributed by atoms with E-state index in [1.54, 1.807) is 12.1 Å². The number of carbonyl (C=O) groups is 1. The number of aryl methyl sites for hydroxylation is 1. The molecule has 0 radical (unpaired) electrons. The number of hydrogen-bond donors (Lipinski definition) is 2. The second kappa shape index (κ2) is 8.47. The number of halogens is 2. The SMILES string of the molecule is Cc1ccc(N/C=C(/C#N)C(=O)Nc2cc([N+](=O)[O-])ccc2Cl)c(Br)c1. The summed E-state index contributed by atoms with van der Waals surface area (Å²) >= 11 is 9.32. The zero-order valence-electron chi connectivity index (χ0n) is 13.4. The van der Waals surface area contributed by atoms with Crippen molar-refractivity contribution in [1.82, 2.24) is 0 Å². The normalized spacial score (nSPS) is 10.8. The maximum atomic E-state index is 12.3. The quantitative estimate of drug-likeness (QED) is 0.304. The average molecular weight is 436 g/mol. The van der Waals surface area contributed by atoms with E-state index in [0.29, 0.717) is 5.69 Å². The van der Waals surface area contributed by atoms with Crippen LogP contribution in [0.15, 0.2) is 52.6 Å². The van der Waals surface area contributed by atoms with E-state index in [2.05, 4.69) is 26.6 Å². The van der Waals surface area contributed by atoms with Gasteiger partial charge in [-0.1, -0.05) is 17.7 Å². The van der Waals surface area contributed by atoms with Crippen molar-refractivity contribution in [3.8, 4) is 6.07 Å². The summed E-state index contributed by atoms with van der Waals surface area (Å²) in [5, 5.41) is 25.4. The third kappa shape index (κ3) is 4.81. The molecule has 0 aliphatic carbocycles. The van der Waals surface area contributed by atoms with E-state index < -0.39 is 10.8 Å². The predicted molar refractivity (Wildman–Crippen MR) is 103 cm³/mol. The molecule has 0 atom stereocenters. The topological polar surface area (TPSA) is 108 Å². The highest BCUT2D eigenvalue weighted by atomic mass is 79.9. The van der Waals surface area contributed by atoms with Crippen LogP contribution in [0.5, 0.6) is 0 Å². The van der Waals surface area contributed by atoms with Crippen molar-refractivity contribution in [3.05, 3.63) is 73.3 Å². The minimum absolute atomic E-state index is 0.0449. The molecule has 0 bridgehead atoms. The van der Waals surface area contributed by atoms with Gasteiger partial charge in [0.2, 0.25) is 0 Å². The van der Waals surface area contributed by atoms with Gasteiger partial charge in [0.05, 0.1) is 21.3 Å². The van der Waals surface area contributed by atoms with Gasteiger partial charge in [-0.15, -0.1) is 0 Å². The van der Waals surface area contributed by atoms with Gasteiger partial charge in [0.25, 0.3) is 11.6 Å². The molecule has 0 aliphatic heterocycles. The minimum atomic E-state index is -0.745. The lowest BCUT2D eigenvalue weighted by Gasteiger charge is -2.08. The van der Waals surface area contributed by atoms with Crippen molar-refractivity contribution in [2.75, 3.05) is 10.6 Å². The van der Waals surface area contributed by atoms with Crippen LogP contribution >= 0.6 is 27.5 Å². The van der Waals surface area contributed by atoms with Crippen LogP contribution in [0.1, 0.15) is 5.56 Å². The van der Waals surface area contributed by atoms with E-state index in [1.807, 2.05) is 19.1 Å². The van der Waals surface area contributed by atoms with Gasteiger partial charge >= 0.3 is 0 Å². The fourth-order valence-electron chi connectivity index (χ4n) is 1.95. The van der Waals surface area contributed by atoms with Crippen LogP contribution in [0.4, 0.5) is 17.1 Å². The molecule has 0 saturated heterocycles. The minimum Gasteiger partial charge on any atom is -0.359 e. The number of nitro groups is 1. The molecule has 132 valence electrons. The van der Waals surface area contributed by atoms with Crippen LogP contribution in [0.2, 0.25) is 5.02 Å². The predicted octanol–water partition coefficient (Wildman–Crippen LogP) is 4.78. The van der Waals surface area contributed by atoms with E-state index in [-0.39, 0.29) is 22.0 Å². The van der Waals surface area contributed by atoms with Crippen LogP contribution in [-0.4, -0.2) is 10.8 Å². The van der Waals surface area contributed by atoms with Gasteiger partial charge < -0.3 is 10.6 Å². The number of non-ortho nitro benzene ring substituents is 1. The van der Waals surface area contributed by atoms with Crippen LogP contribution in [-0.2, 0) is 4.79 Å². The number of carbonyl (C=O) groups excluding carboxylic acids is 1. The lowest BCUT2D eigenvalue weighted by molar-refractivity contribution is -0.384. The number of hydrogen-bond acceptors (Lipinski definition) is 5. The summed E-state index contributed by atoms with van der Waals surface area (Å²) in [5.41, 5.74) is 1.31. The third-order valence-corrected chi connectivity index (χ3v) is 4.26. The maximum Gasteiger partial charge on any atom is 0.271 e. The molecule has 7 nitrogen and oxygen atoms in total. The molecular weight excluding hydrogens is 424 g/mol. The van der Waals surface area contributed by atoms with Crippen molar-refractivity contribution in [1.29, 1.82) is 5.26 Å². The van der Waals surface area contributed by atoms with E-state index in [9.17, 15) is 20.2 Å². The van der Waals surface area contributed by atoms with E-state index in [4.69, 9.17) is 11.6 Å². The Hall–Kier alpha value is -2.89. The van der Waals surface area contributed by atoms with Crippen molar-refractivity contribution < 1.29 is 9.72 Å². The second-order valence-electron chi connectivity index (χ2n) is 5.17. The van der Waals surface area contributed by atoms with Crippen molar-refractivity contribution in [2.24, 2.45) is 0 Å². The fraction of sp³-hybridized carbons (Fsp3) is 0.0588. The van der Waals surface area contributed by atoms with Crippen molar-refractivity contribution >= 4 is 50.5 Å². The molecule has 0 unspecified atom stereocenters. The molecule has 2 rings (SSSR count). The van der Waals surface area contributed by atoms with Gasteiger partial charge in [-0.05, 0) is 46.6 Å². The number of nitrogens with one attached hydrogen (secondary N) is 2. The van der Waals surface area contributed by atoms with Crippen LogP contribution < -0.4 is 10.6 Å². The van der Waals surface area contributed by atoms with Gasteiger partial charge in [-0.3, -0.25) is 14.9 Å². The molecule has 2 aromatic carbocycles. The van der Waals surface area contributed by atoms with E-state index >= 15 is 0 Å². The Balaban J connectivity index is 2.20. The first kappa shape index (κ1) is 19.4. The highest BCUT2D eigenvalue weighted by molar-refractivity contribution is 9.10. The fourth-order valence-corrected chi connectivity index (χ4v) is 2.72. The van der Waals surface area contributed by atoms with Gasteiger partial charge in [-0.2, -0.15) is 5.26 Å². The number of nitrogens with zero attached hydrogens (tertiary/aromatic N) is 2. The summed E-state index contributed by atoms with van der Waals surface area (Å²) in [6, 6.07) is 11.0. The number of benzene rings is 2. The first-order valence-electron chi connectivity index (χ1n) is 7.20. The van der Waals surface area contributed by atoms with Gasteiger partial charge in [0.1, 0.15) is 11.6 Å². The molecule has 0 saturated carbocycles. The Bertz CT molecular complexity index is 954. The first-order chi connectivity index (χ1) is 12.3. The standard InChI is InChI=1S/C17H12BrClN4O3/c1-10-2-5-15(13(18)6-10)21-9-11(8-20)17(24)22-16-7-12(23(25)26)3-4-14(16)19/h2-7,9,21H,1H3,(H,22,24)/b11-9-. The number of amides is 1.